The van der Waals surface area contributed by atoms with Gasteiger partial charge in [-0.15, -0.1) is 0 Å². The number of anilines is 1. The highest BCUT2D eigenvalue weighted by atomic mass is 16.5. The zero-order valence-electron chi connectivity index (χ0n) is 18.6. The maximum Gasteiger partial charge on any atom is 0.244 e. The zero-order valence-corrected chi connectivity index (χ0v) is 18.6. The largest absolute Gasteiger partial charge is 0.504 e. The molecule has 166 valence electrons. The molecule has 0 aliphatic carbocycles. The molecule has 4 rings (SSSR count). The fourth-order valence-electron chi connectivity index (χ4n) is 3.25. The Morgan fingerprint density at radius 1 is 0.848 bits per heavy atom. The molecule has 0 bridgehead atoms. The maximum atomic E-state index is 10.3. The lowest BCUT2D eigenvalue weighted by Gasteiger charge is -2.09. The Hall–Kier alpha value is -4.39. The van der Waals surface area contributed by atoms with Crippen LogP contribution in [-0.2, 0) is 0 Å². The first-order valence-electron chi connectivity index (χ1n) is 10.3. The fourth-order valence-corrected chi connectivity index (χ4v) is 3.25. The molecule has 0 amide bonds. The normalized spacial score (nSPS) is 10.9. The minimum Gasteiger partial charge on any atom is -0.504 e. The Morgan fingerprint density at radius 3 is 2.09 bits per heavy atom. The SMILES string of the molecule is COc1ccc(-c2cc(-c3ccc(C)cc3)nc(NN=Cc3cccc(OC)c3O)n2)cc1. The van der Waals surface area contributed by atoms with Crippen LogP contribution in [0.4, 0.5) is 5.95 Å². The number of aromatic hydroxyl groups is 1. The number of hydrogen-bond acceptors (Lipinski definition) is 7. The molecule has 0 aliphatic rings. The number of hydrazone groups is 1. The summed E-state index contributed by atoms with van der Waals surface area (Å²) in [5, 5.41) is 14.5. The molecule has 2 N–H and O–H groups in total. The van der Waals surface area contributed by atoms with Crippen LogP contribution >= 0.6 is 0 Å². The Morgan fingerprint density at radius 2 is 1.48 bits per heavy atom. The zero-order chi connectivity index (χ0) is 23.2. The first-order valence-corrected chi connectivity index (χ1v) is 10.3. The summed E-state index contributed by atoms with van der Waals surface area (Å²) in [5.74, 6) is 1.49. The average Bonchev–Trinajstić information content (AvgIpc) is 2.85. The first kappa shape index (κ1) is 21.8. The highest BCUT2D eigenvalue weighted by Gasteiger charge is 2.10. The number of ether oxygens (including phenoxy) is 2. The summed E-state index contributed by atoms with van der Waals surface area (Å²) in [5.41, 5.74) is 7.95. The number of nitrogens with zero attached hydrogens (tertiary/aromatic N) is 3. The van der Waals surface area contributed by atoms with E-state index in [1.165, 1.54) is 18.9 Å². The van der Waals surface area contributed by atoms with Gasteiger partial charge in [0.05, 0.1) is 31.8 Å². The smallest absolute Gasteiger partial charge is 0.244 e. The van der Waals surface area contributed by atoms with Crippen molar-refractivity contribution in [2.45, 2.75) is 6.92 Å². The standard InChI is InChI=1S/C26H24N4O3/c1-17-7-9-18(10-8-17)22-15-23(19-11-13-21(32-2)14-12-19)29-26(28-22)30-27-16-20-5-4-6-24(33-3)25(20)31/h4-16,31H,1-3H3,(H,28,29,30). The van der Waals surface area contributed by atoms with Gasteiger partial charge >= 0.3 is 0 Å². The predicted octanol–water partition coefficient (Wildman–Crippen LogP) is 5.29. The molecule has 33 heavy (non-hydrogen) atoms. The topological polar surface area (TPSA) is 88.9 Å². The van der Waals surface area contributed by atoms with Crippen molar-refractivity contribution in [3.05, 3.63) is 83.9 Å². The summed E-state index contributed by atoms with van der Waals surface area (Å²) in [6.07, 6.45) is 1.49. The molecule has 0 saturated heterocycles. The van der Waals surface area contributed by atoms with Crippen LogP contribution in [0.1, 0.15) is 11.1 Å². The van der Waals surface area contributed by atoms with Gasteiger partial charge < -0.3 is 14.6 Å². The number of phenols is 1. The van der Waals surface area contributed by atoms with Crippen LogP contribution in [-0.4, -0.2) is 35.5 Å². The van der Waals surface area contributed by atoms with Gasteiger partial charge in [0, 0.05) is 16.7 Å². The van der Waals surface area contributed by atoms with Crippen molar-refractivity contribution in [1.82, 2.24) is 9.97 Å². The summed E-state index contributed by atoms with van der Waals surface area (Å²) in [6.45, 7) is 2.04. The number of methoxy groups -OCH3 is 2. The second-order valence-corrected chi connectivity index (χ2v) is 7.32. The van der Waals surface area contributed by atoms with E-state index in [0.29, 0.717) is 17.3 Å². The molecule has 7 nitrogen and oxygen atoms in total. The summed E-state index contributed by atoms with van der Waals surface area (Å²) in [6, 6.07) is 22.9. The van der Waals surface area contributed by atoms with Crippen LogP contribution in [0.3, 0.4) is 0 Å². The molecular formula is C26H24N4O3. The second kappa shape index (κ2) is 9.82. The Balaban J connectivity index is 1.69. The van der Waals surface area contributed by atoms with Gasteiger partial charge in [0.1, 0.15) is 5.75 Å². The number of rotatable bonds is 7. The molecule has 0 saturated carbocycles. The van der Waals surface area contributed by atoms with Crippen molar-refractivity contribution < 1.29 is 14.6 Å². The summed E-state index contributed by atoms with van der Waals surface area (Å²) in [7, 11) is 3.13. The van der Waals surface area contributed by atoms with E-state index in [1.807, 2.05) is 61.5 Å². The van der Waals surface area contributed by atoms with Crippen LogP contribution in [0, 0.1) is 6.92 Å². The number of phenolic OH excluding ortho intramolecular Hbond substituents is 1. The number of para-hydroxylation sites is 1. The van der Waals surface area contributed by atoms with Gasteiger partial charge in [-0.05, 0) is 49.4 Å². The highest BCUT2D eigenvalue weighted by molar-refractivity contribution is 5.85. The number of aryl methyl sites for hydroxylation is 1. The van der Waals surface area contributed by atoms with E-state index in [2.05, 4.69) is 20.5 Å². The number of hydrogen-bond donors (Lipinski definition) is 2. The van der Waals surface area contributed by atoms with Crippen LogP contribution in [0.5, 0.6) is 17.2 Å². The van der Waals surface area contributed by atoms with Crippen LogP contribution in [0.15, 0.2) is 77.9 Å². The van der Waals surface area contributed by atoms with E-state index in [4.69, 9.17) is 9.47 Å². The molecule has 0 unspecified atom stereocenters. The van der Waals surface area contributed by atoms with Gasteiger partial charge in [0.15, 0.2) is 11.5 Å². The monoisotopic (exact) mass is 440 g/mol. The van der Waals surface area contributed by atoms with E-state index < -0.39 is 0 Å². The van der Waals surface area contributed by atoms with E-state index in [1.54, 1.807) is 25.3 Å². The third kappa shape index (κ3) is 5.10. The molecule has 3 aromatic carbocycles. The van der Waals surface area contributed by atoms with Gasteiger partial charge in [-0.2, -0.15) is 5.10 Å². The lowest BCUT2D eigenvalue weighted by Crippen LogP contribution is -2.00. The summed E-state index contributed by atoms with van der Waals surface area (Å²) >= 11 is 0. The van der Waals surface area contributed by atoms with Crippen molar-refractivity contribution in [3.63, 3.8) is 0 Å². The number of nitrogens with one attached hydrogen (secondary N) is 1. The van der Waals surface area contributed by atoms with Gasteiger partial charge in [-0.3, -0.25) is 0 Å². The number of aromatic nitrogens is 2. The maximum absolute atomic E-state index is 10.3. The van der Waals surface area contributed by atoms with Crippen LogP contribution < -0.4 is 14.9 Å². The van der Waals surface area contributed by atoms with E-state index in [9.17, 15) is 5.11 Å². The molecule has 0 aliphatic heterocycles. The van der Waals surface area contributed by atoms with E-state index in [0.717, 1.165) is 28.3 Å². The quantitative estimate of drug-likeness (QED) is 0.300. The molecule has 4 aromatic rings. The fraction of sp³-hybridized carbons (Fsp3) is 0.115. The molecule has 0 radical (unpaired) electrons. The summed E-state index contributed by atoms with van der Waals surface area (Å²) < 4.78 is 10.4. The minimum atomic E-state index is 0.0128. The third-order valence-corrected chi connectivity index (χ3v) is 5.08. The average molecular weight is 441 g/mol. The van der Waals surface area contributed by atoms with E-state index >= 15 is 0 Å². The van der Waals surface area contributed by atoms with Crippen molar-refractivity contribution in [2.24, 2.45) is 5.10 Å². The van der Waals surface area contributed by atoms with Gasteiger partial charge in [0.2, 0.25) is 5.95 Å². The van der Waals surface area contributed by atoms with Gasteiger partial charge in [-0.1, -0.05) is 35.9 Å². The third-order valence-electron chi connectivity index (χ3n) is 5.08. The van der Waals surface area contributed by atoms with Crippen LogP contribution in [0.25, 0.3) is 22.5 Å². The Kier molecular flexibility index (Phi) is 6.50. The highest BCUT2D eigenvalue weighted by Crippen LogP contribution is 2.29. The molecular weight excluding hydrogens is 416 g/mol. The molecule has 0 atom stereocenters. The lowest BCUT2D eigenvalue weighted by atomic mass is 10.1. The Bertz CT molecular complexity index is 1270. The molecule has 0 spiro atoms. The molecule has 1 aromatic heterocycles. The van der Waals surface area contributed by atoms with Gasteiger partial charge in [-0.25, -0.2) is 15.4 Å². The van der Waals surface area contributed by atoms with E-state index in [-0.39, 0.29) is 5.75 Å². The number of benzene rings is 3. The van der Waals surface area contributed by atoms with Crippen molar-refractivity contribution in [2.75, 3.05) is 19.6 Å². The van der Waals surface area contributed by atoms with Gasteiger partial charge in [0.25, 0.3) is 0 Å². The summed E-state index contributed by atoms with van der Waals surface area (Å²) in [4.78, 5) is 9.26. The second-order valence-electron chi connectivity index (χ2n) is 7.32. The molecule has 7 heteroatoms. The lowest BCUT2D eigenvalue weighted by molar-refractivity contribution is 0.373. The van der Waals surface area contributed by atoms with Crippen molar-refractivity contribution in [3.8, 4) is 39.8 Å². The predicted molar refractivity (Wildman–Crippen MR) is 130 cm³/mol. The van der Waals surface area contributed by atoms with Crippen LogP contribution in [0.2, 0.25) is 0 Å². The Labute approximate surface area is 192 Å². The molecule has 0 fully saturated rings. The van der Waals surface area contributed by atoms with Crippen molar-refractivity contribution in [1.29, 1.82) is 0 Å². The minimum absolute atomic E-state index is 0.0128. The van der Waals surface area contributed by atoms with Crippen molar-refractivity contribution >= 4 is 12.2 Å². The first-order chi connectivity index (χ1) is 16.1. The molecule has 1 heterocycles.